The standard InChI is InChI=1S/C16H23FN2/c17-13-3-1-11(2-4-13)12-9-16(10-12)19-15-7-5-14(18)6-8-15/h1-4,12,14-16,19H,5-10,18H2. The summed E-state index contributed by atoms with van der Waals surface area (Å²) in [5.74, 6) is 0.472. The normalized spacial score (nSPS) is 34.8. The van der Waals surface area contributed by atoms with E-state index in [0.717, 1.165) is 12.8 Å². The van der Waals surface area contributed by atoms with Gasteiger partial charge in [0.2, 0.25) is 0 Å². The van der Waals surface area contributed by atoms with Crippen LogP contribution in [0.3, 0.4) is 0 Å². The SMILES string of the molecule is NC1CCC(NC2CC(c3ccc(F)cc3)C2)CC1. The van der Waals surface area contributed by atoms with Gasteiger partial charge in [-0.3, -0.25) is 0 Å². The molecule has 0 radical (unpaired) electrons. The lowest BCUT2D eigenvalue weighted by molar-refractivity contribution is 0.232. The van der Waals surface area contributed by atoms with Crippen molar-refractivity contribution in [3.05, 3.63) is 35.6 Å². The lowest BCUT2D eigenvalue weighted by Gasteiger charge is -2.40. The van der Waals surface area contributed by atoms with Gasteiger partial charge in [-0.25, -0.2) is 4.39 Å². The highest BCUT2D eigenvalue weighted by Crippen LogP contribution is 2.37. The van der Waals surface area contributed by atoms with Crippen LogP contribution in [-0.2, 0) is 0 Å². The molecule has 1 aromatic rings. The van der Waals surface area contributed by atoms with Crippen molar-refractivity contribution in [3.8, 4) is 0 Å². The van der Waals surface area contributed by atoms with Gasteiger partial charge in [-0.05, 0) is 62.1 Å². The van der Waals surface area contributed by atoms with E-state index in [1.165, 1.54) is 31.2 Å². The molecule has 0 heterocycles. The van der Waals surface area contributed by atoms with Gasteiger partial charge in [0.05, 0.1) is 0 Å². The predicted octanol–water partition coefficient (Wildman–Crippen LogP) is 2.93. The second-order valence-corrected chi connectivity index (χ2v) is 6.20. The fourth-order valence-electron chi connectivity index (χ4n) is 3.38. The van der Waals surface area contributed by atoms with Crippen LogP contribution in [-0.4, -0.2) is 18.1 Å². The number of hydrogen-bond acceptors (Lipinski definition) is 2. The topological polar surface area (TPSA) is 38.0 Å². The fourth-order valence-corrected chi connectivity index (χ4v) is 3.38. The van der Waals surface area contributed by atoms with Crippen LogP contribution in [0.25, 0.3) is 0 Å². The molecule has 2 saturated carbocycles. The Morgan fingerprint density at radius 3 is 2.21 bits per heavy atom. The second-order valence-electron chi connectivity index (χ2n) is 6.20. The summed E-state index contributed by atoms with van der Waals surface area (Å²) in [6.45, 7) is 0. The van der Waals surface area contributed by atoms with Gasteiger partial charge < -0.3 is 11.1 Å². The summed E-state index contributed by atoms with van der Waals surface area (Å²) in [7, 11) is 0. The van der Waals surface area contributed by atoms with Gasteiger partial charge in [0.25, 0.3) is 0 Å². The van der Waals surface area contributed by atoms with E-state index in [0.29, 0.717) is 24.0 Å². The van der Waals surface area contributed by atoms with Gasteiger partial charge >= 0.3 is 0 Å². The van der Waals surface area contributed by atoms with Crippen molar-refractivity contribution in [1.82, 2.24) is 5.32 Å². The molecular weight excluding hydrogens is 239 g/mol. The van der Waals surface area contributed by atoms with Crippen LogP contribution < -0.4 is 11.1 Å². The molecule has 3 heteroatoms. The minimum absolute atomic E-state index is 0.142. The van der Waals surface area contributed by atoms with E-state index in [4.69, 9.17) is 5.73 Å². The molecule has 104 valence electrons. The summed E-state index contributed by atoms with van der Waals surface area (Å²) in [4.78, 5) is 0. The molecule has 0 bridgehead atoms. The third kappa shape index (κ3) is 3.15. The Morgan fingerprint density at radius 2 is 1.58 bits per heavy atom. The van der Waals surface area contributed by atoms with E-state index in [9.17, 15) is 4.39 Å². The average molecular weight is 262 g/mol. The van der Waals surface area contributed by atoms with Crippen molar-refractivity contribution in [2.24, 2.45) is 5.73 Å². The first-order chi connectivity index (χ1) is 9.20. The Balaban J connectivity index is 1.44. The van der Waals surface area contributed by atoms with Crippen LogP contribution in [0.5, 0.6) is 0 Å². The molecule has 0 atom stereocenters. The van der Waals surface area contributed by atoms with Gasteiger partial charge in [0.15, 0.2) is 0 Å². The monoisotopic (exact) mass is 262 g/mol. The van der Waals surface area contributed by atoms with E-state index in [1.54, 1.807) is 12.1 Å². The maximum absolute atomic E-state index is 12.9. The molecule has 0 amide bonds. The third-order valence-corrected chi connectivity index (χ3v) is 4.72. The van der Waals surface area contributed by atoms with E-state index in [1.807, 2.05) is 12.1 Å². The highest BCUT2D eigenvalue weighted by Gasteiger charge is 2.32. The van der Waals surface area contributed by atoms with Crippen molar-refractivity contribution in [2.75, 3.05) is 0 Å². The highest BCUT2D eigenvalue weighted by molar-refractivity contribution is 5.23. The summed E-state index contributed by atoms with van der Waals surface area (Å²) in [6.07, 6.45) is 7.14. The molecule has 0 spiro atoms. The largest absolute Gasteiger partial charge is 0.328 e. The predicted molar refractivity (Wildman–Crippen MR) is 75.5 cm³/mol. The Kier molecular flexibility index (Phi) is 3.85. The summed E-state index contributed by atoms with van der Waals surface area (Å²) in [5, 5.41) is 3.76. The third-order valence-electron chi connectivity index (χ3n) is 4.72. The maximum atomic E-state index is 12.9. The first kappa shape index (κ1) is 13.1. The summed E-state index contributed by atoms with van der Waals surface area (Å²) in [6, 6.07) is 8.72. The molecule has 0 unspecified atom stereocenters. The minimum Gasteiger partial charge on any atom is -0.328 e. The number of rotatable bonds is 3. The minimum atomic E-state index is -0.142. The first-order valence-electron chi connectivity index (χ1n) is 7.48. The molecule has 1 aromatic carbocycles. The number of hydrogen-bond donors (Lipinski definition) is 2. The molecule has 19 heavy (non-hydrogen) atoms. The summed E-state index contributed by atoms with van der Waals surface area (Å²) >= 11 is 0. The van der Waals surface area contributed by atoms with E-state index in [2.05, 4.69) is 5.32 Å². The fraction of sp³-hybridized carbons (Fsp3) is 0.625. The molecule has 2 aliphatic carbocycles. The first-order valence-corrected chi connectivity index (χ1v) is 7.48. The smallest absolute Gasteiger partial charge is 0.123 e. The Labute approximate surface area is 114 Å². The van der Waals surface area contributed by atoms with Crippen molar-refractivity contribution in [2.45, 2.75) is 62.6 Å². The van der Waals surface area contributed by atoms with Crippen molar-refractivity contribution in [1.29, 1.82) is 0 Å². The summed E-state index contributed by atoms with van der Waals surface area (Å²) in [5.41, 5.74) is 7.21. The van der Waals surface area contributed by atoms with Gasteiger partial charge in [0.1, 0.15) is 5.82 Å². The zero-order chi connectivity index (χ0) is 13.2. The molecule has 2 nitrogen and oxygen atoms in total. The molecule has 2 aliphatic rings. The van der Waals surface area contributed by atoms with Crippen LogP contribution in [0.1, 0.15) is 50.0 Å². The molecular formula is C16H23FN2. The quantitative estimate of drug-likeness (QED) is 0.879. The van der Waals surface area contributed by atoms with Crippen LogP contribution in [0, 0.1) is 5.82 Å². The number of benzene rings is 1. The maximum Gasteiger partial charge on any atom is 0.123 e. The average Bonchev–Trinajstić information content (AvgIpc) is 2.37. The lowest BCUT2D eigenvalue weighted by Crippen LogP contribution is -2.47. The van der Waals surface area contributed by atoms with Gasteiger partial charge in [-0.2, -0.15) is 0 Å². The van der Waals surface area contributed by atoms with Gasteiger partial charge in [-0.15, -0.1) is 0 Å². The highest BCUT2D eigenvalue weighted by atomic mass is 19.1. The molecule has 0 aliphatic heterocycles. The Hall–Kier alpha value is -0.930. The van der Waals surface area contributed by atoms with Crippen LogP contribution >= 0.6 is 0 Å². The molecule has 2 fully saturated rings. The molecule has 0 aromatic heterocycles. The molecule has 0 saturated heterocycles. The van der Waals surface area contributed by atoms with Crippen molar-refractivity contribution >= 4 is 0 Å². The van der Waals surface area contributed by atoms with Gasteiger partial charge in [0, 0.05) is 18.1 Å². The number of nitrogens with one attached hydrogen (secondary N) is 1. The van der Waals surface area contributed by atoms with Crippen LogP contribution in [0.15, 0.2) is 24.3 Å². The van der Waals surface area contributed by atoms with E-state index in [-0.39, 0.29) is 5.82 Å². The number of halogens is 1. The number of nitrogens with two attached hydrogens (primary N) is 1. The van der Waals surface area contributed by atoms with E-state index < -0.39 is 0 Å². The zero-order valence-electron chi connectivity index (χ0n) is 11.3. The van der Waals surface area contributed by atoms with Crippen LogP contribution in [0.4, 0.5) is 4.39 Å². The van der Waals surface area contributed by atoms with Gasteiger partial charge in [-0.1, -0.05) is 12.1 Å². The van der Waals surface area contributed by atoms with Crippen LogP contribution in [0.2, 0.25) is 0 Å². The van der Waals surface area contributed by atoms with Crippen molar-refractivity contribution < 1.29 is 4.39 Å². The Bertz CT molecular complexity index is 403. The van der Waals surface area contributed by atoms with Crippen molar-refractivity contribution in [3.63, 3.8) is 0 Å². The zero-order valence-corrected chi connectivity index (χ0v) is 11.3. The second kappa shape index (κ2) is 5.59. The Morgan fingerprint density at radius 1 is 0.947 bits per heavy atom. The van der Waals surface area contributed by atoms with E-state index >= 15 is 0 Å². The molecule has 3 N–H and O–H groups in total. The molecule has 3 rings (SSSR count). The lowest BCUT2D eigenvalue weighted by atomic mass is 9.75. The summed E-state index contributed by atoms with van der Waals surface area (Å²) < 4.78 is 12.9.